The maximum atomic E-state index is 5.93. The van der Waals surface area contributed by atoms with Gasteiger partial charge in [-0.25, -0.2) is 0 Å². The van der Waals surface area contributed by atoms with Crippen LogP contribution >= 0.6 is 24.0 Å². The molecule has 6 heteroatoms. The van der Waals surface area contributed by atoms with Gasteiger partial charge in [0.1, 0.15) is 11.5 Å². The van der Waals surface area contributed by atoms with E-state index in [1.165, 1.54) is 11.1 Å². The molecule has 0 radical (unpaired) electrons. The number of hydrogen-bond donors (Lipinski definition) is 2. The van der Waals surface area contributed by atoms with Crippen molar-refractivity contribution < 1.29 is 9.47 Å². The smallest absolute Gasteiger partial charge is 0.193 e. The minimum Gasteiger partial charge on any atom is -0.497 e. The van der Waals surface area contributed by atoms with E-state index in [4.69, 9.17) is 15.2 Å². The van der Waals surface area contributed by atoms with Gasteiger partial charge in [-0.1, -0.05) is 18.2 Å². The summed E-state index contributed by atoms with van der Waals surface area (Å²) >= 11 is 0. The summed E-state index contributed by atoms with van der Waals surface area (Å²) < 4.78 is 10.7. The summed E-state index contributed by atoms with van der Waals surface area (Å²) in [5.74, 6) is 2.20. The van der Waals surface area contributed by atoms with Crippen molar-refractivity contribution in [2.75, 3.05) is 25.6 Å². The molecule has 0 saturated carbocycles. The van der Waals surface area contributed by atoms with Crippen LogP contribution in [0.5, 0.6) is 11.5 Å². The summed E-state index contributed by atoms with van der Waals surface area (Å²) in [5, 5.41) is 3.07. The van der Waals surface area contributed by atoms with E-state index in [2.05, 4.69) is 22.4 Å². The molecule has 2 aromatic carbocycles. The van der Waals surface area contributed by atoms with Gasteiger partial charge in [-0.3, -0.25) is 4.99 Å². The van der Waals surface area contributed by atoms with E-state index >= 15 is 0 Å². The number of rotatable bonds is 5. The first-order chi connectivity index (χ1) is 11.2. The Hall–Kier alpha value is -1.96. The lowest BCUT2D eigenvalue weighted by atomic mass is 10.1. The van der Waals surface area contributed by atoms with E-state index in [1.807, 2.05) is 30.3 Å². The van der Waals surface area contributed by atoms with E-state index in [1.54, 1.807) is 7.11 Å². The number of anilines is 1. The fourth-order valence-corrected chi connectivity index (χ4v) is 2.59. The van der Waals surface area contributed by atoms with Gasteiger partial charge in [-0.15, -0.1) is 24.0 Å². The first-order valence-corrected chi connectivity index (χ1v) is 7.70. The lowest BCUT2D eigenvalue weighted by Crippen LogP contribution is -2.23. The maximum Gasteiger partial charge on any atom is 0.193 e. The summed E-state index contributed by atoms with van der Waals surface area (Å²) in [7, 11) is 1.64. The lowest BCUT2D eigenvalue weighted by Gasteiger charge is -2.07. The monoisotopic (exact) mass is 439 g/mol. The van der Waals surface area contributed by atoms with Gasteiger partial charge in [0.2, 0.25) is 0 Å². The molecule has 128 valence electrons. The van der Waals surface area contributed by atoms with Crippen molar-refractivity contribution in [3.05, 3.63) is 53.6 Å². The van der Waals surface area contributed by atoms with Crippen molar-refractivity contribution in [3.63, 3.8) is 0 Å². The largest absolute Gasteiger partial charge is 0.497 e. The summed E-state index contributed by atoms with van der Waals surface area (Å²) in [6.07, 6.45) is 1.85. The van der Waals surface area contributed by atoms with E-state index in [9.17, 15) is 0 Å². The zero-order chi connectivity index (χ0) is 16.1. The number of benzene rings is 2. The molecule has 0 aliphatic carbocycles. The summed E-state index contributed by atoms with van der Waals surface area (Å²) in [4.78, 5) is 4.38. The Labute approximate surface area is 159 Å². The van der Waals surface area contributed by atoms with Gasteiger partial charge in [0.25, 0.3) is 0 Å². The van der Waals surface area contributed by atoms with Gasteiger partial charge < -0.3 is 20.5 Å². The highest BCUT2D eigenvalue weighted by Gasteiger charge is 2.11. The number of aliphatic imine (C=N–C) groups is 1. The molecule has 0 bridgehead atoms. The van der Waals surface area contributed by atoms with Crippen molar-refractivity contribution in [1.29, 1.82) is 0 Å². The zero-order valence-electron chi connectivity index (χ0n) is 13.6. The maximum absolute atomic E-state index is 5.93. The molecular weight excluding hydrogens is 417 g/mol. The van der Waals surface area contributed by atoms with Crippen LogP contribution in [0.1, 0.15) is 11.1 Å². The van der Waals surface area contributed by atoms with Crippen molar-refractivity contribution in [2.24, 2.45) is 10.7 Å². The van der Waals surface area contributed by atoms with Gasteiger partial charge in [0.15, 0.2) is 5.96 Å². The van der Waals surface area contributed by atoms with Crippen LogP contribution in [0, 0.1) is 0 Å². The number of fused-ring (bicyclic) bond motifs is 1. The highest BCUT2D eigenvalue weighted by atomic mass is 127. The standard InChI is InChI=1S/C18H21N3O2.HI/c1-22-16-4-2-3-15(12-16)21-18(19)20-9-7-13-5-6-17-14(11-13)8-10-23-17;/h2-6,11-12H,7-10H2,1H3,(H3,19,20,21);1H. The number of nitrogens with two attached hydrogens (primary N) is 1. The van der Waals surface area contributed by atoms with Gasteiger partial charge >= 0.3 is 0 Å². The number of methoxy groups -OCH3 is 1. The van der Waals surface area contributed by atoms with Crippen LogP contribution < -0.4 is 20.5 Å². The second kappa shape index (κ2) is 8.77. The van der Waals surface area contributed by atoms with Crippen molar-refractivity contribution in [2.45, 2.75) is 12.8 Å². The highest BCUT2D eigenvalue weighted by molar-refractivity contribution is 14.0. The van der Waals surface area contributed by atoms with Crippen LogP contribution in [0.4, 0.5) is 5.69 Å². The fraction of sp³-hybridized carbons (Fsp3) is 0.278. The summed E-state index contributed by atoms with van der Waals surface area (Å²) in [6.45, 7) is 1.43. The van der Waals surface area contributed by atoms with Crippen LogP contribution in [-0.4, -0.2) is 26.2 Å². The first kappa shape index (κ1) is 18.4. The number of ether oxygens (including phenoxy) is 2. The van der Waals surface area contributed by atoms with Crippen molar-refractivity contribution in [3.8, 4) is 11.5 Å². The van der Waals surface area contributed by atoms with Crippen molar-refractivity contribution in [1.82, 2.24) is 0 Å². The van der Waals surface area contributed by atoms with Crippen LogP contribution in [0.25, 0.3) is 0 Å². The summed E-state index contributed by atoms with van der Waals surface area (Å²) in [6, 6.07) is 13.9. The van der Waals surface area contributed by atoms with Crippen LogP contribution in [0.3, 0.4) is 0 Å². The molecule has 0 saturated heterocycles. The van der Waals surface area contributed by atoms with E-state index in [-0.39, 0.29) is 24.0 Å². The third-order valence-corrected chi connectivity index (χ3v) is 3.78. The second-order valence-electron chi connectivity index (χ2n) is 5.41. The minimum atomic E-state index is 0. The highest BCUT2D eigenvalue weighted by Crippen LogP contribution is 2.26. The third-order valence-electron chi connectivity index (χ3n) is 3.78. The van der Waals surface area contributed by atoms with E-state index < -0.39 is 0 Å². The lowest BCUT2D eigenvalue weighted by molar-refractivity contribution is 0.357. The Bertz CT molecular complexity index is 719. The predicted molar refractivity (Wildman–Crippen MR) is 108 cm³/mol. The van der Waals surface area contributed by atoms with Gasteiger partial charge in [0, 0.05) is 24.7 Å². The molecule has 5 nitrogen and oxygen atoms in total. The molecular formula is C18H22IN3O2. The molecule has 3 rings (SSSR count). The third kappa shape index (κ3) is 4.77. The molecule has 0 fully saturated rings. The Morgan fingerprint density at radius 1 is 1.29 bits per heavy atom. The Morgan fingerprint density at radius 3 is 3.00 bits per heavy atom. The van der Waals surface area contributed by atoms with Crippen LogP contribution in [0.2, 0.25) is 0 Å². The van der Waals surface area contributed by atoms with E-state index in [0.717, 1.165) is 36.6 Å². The van der Waals surface area contributed by atoms with E-state index in [0.29, 0.717) is 12.5 Å². The summed E-state index contributed by atoms with van der Waals surface area (Å²) in [5.41, 5.74) is 9.33. The molecule has 0 amide bonds. The SMILES string of the molecule is COc1cccc(NC(N)=NCCc2ccc3c(c2)CCO3)c1.I. The Balaban J connectivity index is 0.00000208. The number of nitrogens with one attached hydrogen (secondary N) is 1. The number of guanidine groups is 1. The second-order valence-corrected chi connectivity index (χ2v) is 5.41. The molecule has 1 aliphatic heterocycles. The van der Waals surface area contributed by atoms with Gasteiger partial charge in [-0.05, 0) is 35.7 Å². The first-order valence-electron chi connectivity index (χ1n) is 7.70. The van der Waals surface area contributed by atoms with Gasteiger partial charge in [-0.2, -0.15) is 0 Å². The molecule has 1 heterocycles. The van der Waals surface area contributed by atoms with Gasteiger partial charge in [0.05, 0.1) is 13.7 Å². The van der Waals surface area contributed by atoms with Crippen LogP contribution in [-0.2, 0) is 12.8 Å². The molecule has 3 N–H and O–H groups in total. The molecule has 24 heavy (non-hydrogen) atoms. The number of halogens is 1. The molecule has 2 aromatic rings. The quantitative estimate of drug-likeness (QED) is 0.427. The number of hydrogen-bond acceptors (Lipinski definition) is 3. The van der Waals surface area contributed by atoms with Crippen LogP contribution in [0.15, 0.2) is 47.5 Å². The predicted octanol–water partition coefficient (Wildman–Crippen LogP) is 3.22. The fourth-order valence-electron chi connectivity index (χ4n) is 2.59. The van der Waals surface area contributed by atoms with Crippen molar-refractivity contribution >= 4 is 35.6 Å². The Kier molecular flexibility index (Phi) is 6.72. The molecule has 0 spiro atoms. The molecule has 0 aromatic heterocycles. The normalized spacial score (nSPS) is 12.8. The molecule has 0 unspecified atom stereocenters. The average Bonchev–Trinajstić information content (AvgIpc) is 3.02. The topological polar surface area (TPSA) is 68.9 Å². The molecule has 0 atom stereocenters. The zero-order valence-corrected chi connectivity index (χ0v) is 15.9. The average molecular weight is 439 g/mol. The minimum absolute atomic E-state index is 0. The number of nitrogens with zero attached hydrogens (tertiary/aromatic N) is 1. The Morgan fingerprint density at radius 2 is 2.17 bits per heavy atom. The molecule has 1 aliphatic rings.